The lowest BCUT2D eigenvalue weighted by Gasteiger charge is -2.08. The molecule has 7 nitrogen and oxygen atoms in total. The Morgan fingerprint density at radius 3 is 2.76 bits per heavy atom. The number of nitrogens with zero attached hydrogens (tertiary/aromatic N) is 1. The van der Waals surface area contributed by atoms with Crippen molar-refractivity contribution in [3.05, 3.63) is 62.9 Å². The summed E-state index contributed by atoms with van der Waals surface area (Å²) in [5, 5.41) is 12.0. The van der Waals surface area contributed by atoms with Crippen molar-refractivity contribution in [1.82, 2.24) is 0 Å². The number of furan rings is 1. The van der Waals surface area contributed by atoms with Crippen molar-refractivity contribution in [2.24, 2.45) is 0 Å². The fraction of sp³-hybridized carbons (Fsp3) is 0.118. The van der Waals surface area contributed by atoms with Gasteiger partial charge in [0.05, 0.1) is 22.8 Å². The summed E-state index contributed by atoms with van der Waals surface area (Å²) in [6.07, 6.45) is 0. The number of anilines is 1. The van der Waals surface area contributed by atoms with E-state index < -0.39 is 10.7 Å². The van der Waals surface area contributed by atoms with Crippen LogP contribution in [0.15, 0.2) is 40.8 Å². The van der Waals surface area contributed by atoms with Gasteiger partial charge in [0.25, 0.3) is 5.69 Å². The zero-order valence-corrected chi connectivity index (χ0v) is 13.9. The lowest BCUT2D eigenvalue weighted by atomic mass is 10.1. The number of nitro groups is 1. The standard InChI is InChI=1S/C17H13ClN2O5/c1-2-24-13-6-4-10(20(22)23)8-12(13)16(21)17-15(19)11-7-9(18)3-5-14(11)25-17/h3-8H,2,19H2,1H3. The highest BCUT2D eigenvalue weighted by Gasteiger charge is 2.25. The molecule has 1 aromatic heterocycles. The lowest BCUT2D eigenvalue weighted by molar-refractivity contribution is -0.384. The van der Waals surface area contributed by atoms with E-state index in [1.807, 2.05) is 0 Å². The molecular weight excluding hydrogens is 348 g/mol. The quantitative estimate of drug-likeness (QED) is 0.414. The van der Waals surface area contributed by atoms with E-state index in [0.717, 1.165) is 6.07 Å². The van der Waals surface area contributed by atoms with Gasteiger partial charge in [-0.05, 0) is 31.2 Å². The summed E-state index contributed by atoms with van der Waals surface area (Å²) in [5.41, 5.74) is 6.31. The largest absolute Gasteiger partial charge is 0.493 e. The average Bonchev–Trinajstić information content (AvgIpc) is 2.91. The number of non-ortho nitro benzene ring substituents is 1. The van der Waals surface area contributed by atoms with Gasteiger partial charge in [-0.2, -0.15) is 0 Å². The Balaban J connectivity index is 2.16. The Kier molecular flexibility index (Phi) is 4.33. The number of nitrogen functional groups attached to an aromatic ring is 1. The number of rotatable bonds is 5. The highest BCUT2D eigenvalue weighted by atomic mass is 35.5. The first kappa shape index (κ1) is 16.8. The third-order valence-corrected chi connectivity index (χ3v) is 3.85. The SMILES string of the molecule is CCOc1ccc([N+](=O)[O-])cc1C(=O)c1oc2ccc(Cl)cc2c1N. The molecule has 0 spiro atoms. The fourth-order valence-corrected chi connectivity index (χ4v) is 2.64. The summed E-state index contributed by atoms with van der Waals surface area (Å²) in [6.45, 7) is 2.04. The van der Waals surface area contributed by atoms with E-state index in [-0.39, 0.29) is 28.4 Å². The molecule has 0 saturated carbocycles. The van der Waals surface area contributed by atoms with Gasteiger partial charge in [-0.1, -0.05) is 11.6 Å². The van der Waals surface area contributed by atoms with Crippen molar-refractivity contribution < 1.29 is 18.9 Å². The van der Waals surface area contributed by atoms with Crippen LogP contribution in [0, 0.1) is 10.1 Å². The number of nitro benzene ring substituents is 1. The van der Waals surface area contributed by atoms with Gasteiger partial charge >= 0.3 is 0 Å². The summed E-state index contributed by atoms with van der Waals surface area (Å²) in [7, 11) is 0. The average molecular weight is 361 g/mol. The van der Waals surface area contributed by atoms with Gasteiger partial charge in [0.2, 0.25) is 5.78 Å². The summed E-state index contributed by atoms with van der Waals surface area (Å²) in [4.78, 5) is 23.3. The molecule has 0 aliphatic carbocycles. The zero-order chi connectivity index (χ0) is 18.1. The van der Waals surface area contributed by atoms with Crippen LogP contribution < -0.4 is 10.5 Å². The minimum Gasteiger partial charge on any atom is -0.493 e. The Morgan fingerprint density at radius 1 is 1.32 bits per heavy atom. The molecule has 0 saturated heterocycles. The minimum absolute atomic E-state index is 0.00732. The zero-order valence-electron chi connectivity index (χ0n) is 13.1. The van der Waals surface area contributed by atoms with E-state index >= 15 is 0 Å². The summed E-state index contributed by atoms with van der Waals surface area (Å²) >= 11 is 5.94. The molecule has 25 heavy (non-hydrogen) atoms. The maximum atomic E-state index is 12.9. The maximum absolute atomic E-state index is 12.9. The molecule has 2 N–H and O–H groups in total. The van der Waals surface area contributed by atoms with Gasteiger partial charge in [-0.15, -0.1) is 0 Å². The van der Waals surface area contributed by atoms with Crippen molar-refractivity contribution >= 4 is 39.7 Å². The Morgan fingerprint density at radius 2 is 2.08 bits per heavy atom. The number of nitrogens with two attached hydrogens (primary N) is 1. The molecule has 0 amide bonds. The highest BCUT2D eigenvalue weighted by molar-refractivity contribution is 6.31. The molecule has 0 aliphatic rings. The van der Waals surface area contributed by atoms with E-state index in [9.17, 15) is 14.9 Å². The normalized spacial score (nSPS) is 10.8. The lowest BCUT2D eigenvalue weighted by Crippen LogP contribution is -2.07. The van der Waals surface area contributed by atoms with E-state index in [1.165, 1.54) is 12.1 Å². The third-order valence-electron chi connectivity index (χ3n) is 3.61. The molecule has 2 aromatic carbocycles. The number of ketones is 1. The Labute approximate surface area is 147 Å². The number of fused-ring (bicyclic) bond motifs is 1. The molecule has 0 atom stereocenters. The predicted molar refractivity (Wildman–Crippen MR) is 93.3 cm³/mol. The Bertz CT molecular complexity index is 996. The molecule has 0 unspecified atom stereocenters. The maximum Gasteiger partial charge on any atom is 0.270 e. The number of halogens is 1. The molecule has 0 bridgehead atoms. The van der Waals surface area contributed by atoms with Crippen molar-refractivity contribution in [2.45, 2.75) is 6.92 Å². The van der Waals surface area contributed by atoms with E-state index in [0.29, 0.717) is 22.6 Å². The van der Waals surface area contributed by atoms with E-state index in [1.54, 1.807) is 25.1 Å². The number of benzene rings is 2. The van der Waals surface area contributed by atoms with Gasteiger partial charge in [0.1, 0.15) is 11.3 Å². The monoisotopic (exact) mass is 360 g/mol. The molecule has 3 aromatic rings. The third kappa shape index (κ3) is 3.01. The molecule has 1 heterocycles. The van der Waals surface area contributed by atoms with Crippen LogP contribution in [0.2, 0.25) is 5.02 Å². The number of ether oxygens (including phenoxy) is 1. The van der Waals surface area contributed by atoms with Gasteiger partial charge < -0.3 is 14.9 Å². The molecule has 3 rings (SSSR count). The topological polar surface area (TPSA) is 109 Å². The number of hydrogen-bond acceptors (Lipinski definition) is 6. The highest BCUT2D eigenvalue weighted by Crippen LogP contribution is 2.34. The molecule has 0 radical (unpaired) electrons. The first-order chi connectivity index (χ1) is 11.9. The van der Waals surface area contributed by atoms with E-state index in [4.69, 9.17) is 26.5 Å². The van der Waals surface area contributed by atoms with Gasteiger partial charge in [0, 0.05) is 22.5 Å². The number of hydrogen-bond donors (Lipinski definition) is 1. The van der Waals surface area contributed by atoms with E-state index in [2.05, 4.69) is 0 Å². The molecule has 0 fully saturated rings. The predicted octanol–water partition coefficient (Wildman–Crippen LogP) is 4.21. The number of carbonyl (C=O) groups is 1. The molecule has 128 valence electrons. The van der Waals surface area contributed by atoms with Gasteiger partial charge in [-0.25, -0.2) is 0 Å². The first-order valence-corrected chi connectivity index (χ1v) is 7.73. The molecule has 0 aliphatic heterocycles. The second-order valence-electron chi connectivity index (χ2n) is 5.19. The van der Waals surface area contributed by atoms with Crippen molar-refractivity contribution in [2.75, 3.05) is 12.3 Å². The second kappa shape index (κ2) is 6.45. The summed E-state index contributed by atoms with van der Waals surface area (Å²) in [5.74, 6) is -0.494. The van der Waals surface area contributed by atoms with Crippen LogP contribution in [0.5, 0.6) is 5.75 Å². The van der Waals surface area contributed by atoms with Crippen LogP contribution in [0.25, 0.3) is 11.0 Å². The second-order valence-corrected chi connectivity index (χ2v) is 5.62. The number of carbonyl (C=O) groups excluding carboxylic acids is 1. The van der Waals surface area contributed by atoms with Crippen molar-refractivity contribution in [3.63, 3.8) is 0 Å². The molecule has 8 heteroatoms. The Hall–Kier alpha value is -3.06. The van der Waals surface area contributed by atoms with Crippen LogP contribution in [0.1, 0.15) is 23.0 Å². The fourth-order valence-electron chi connectivity index (χ4n) is 2.47. The summed E-state index contributed by atoms with van der Waals surface area (Å²) < 4.78 is 10.9. The van der Waals surface area contributed by atoms with Crippen molar-refractivity contribution in [1.29, 1.82) is 0 Å². The minimum atomic E-state index is -0.600. The van der Waals surface area contributed by atoms with Crippen molar-refractivity contribution in [3.8, 4) is 5.75 Å². The van der Waals surface area contributed by atoms with Crippen LogP contribution in [-0.4, -0.2) is 17.3 Å². The first-order valence-electron chi connectivity index (χ1n) is 7.35. The van der Waals surface area contributed by atoms with Crippen LogP contribution >= 0.6 is 11.6 Å². The molecular formula is C17H13ClN2O5. The smallest absolute Gasteiger partial charge is 0.270 e. The summed E-state index contributed by atoms with van der Waals surface area (Å²) in [6, 6.07) is 8.59. The van der Waals surface area contributed by atoms with Gasteiger partial charge in [-0.3, -0.25) is 14.9 Å². The van der Waals surface area contributed by atoms with Crippen LogP contribution in [0.4, 0.5) is 11.4 Å². The van der Waals surface area contributed by atoms with Crippen LogP contribution in [0.3, 0.4) is 0 Å². The van der Waals surface area contributed by atoms with Gasteiger partial charge in [0.15, 0.2) is 5.76 Å². The van der Waals surface area contributed by atoms with Crippen LogP contribution in [-0.2, 0) is 0 Å².